The van der Waals surface area contributed by atoms with Crippen molar-refractivity contribution in [2.45, 2.75) is 31.6 Å². The molecule has 1 N–H and O–H groups in total. The normalized spacial score (nSPS) is 13.6. The molecule has 5 nitrogen and oxygen atoms in total. The second-order valence-electron chi connectivity index (χ2n) is 3.52. The molecule has 0 bridgehead atoms. The lowest BCUT2D eigenvalue weighted by atomic mass is 10.2. The summed E-state index contributed by atoms with van der Waals surface area (Å²) in [6, 6.07) is 0. The lowest BCUT2D eigenvalue weighted by molar-refractivity contribution is 0.456. The number of imidazole rings is 1. The summed E-state index contributed by atoms with van der Waals surface area (Å²) in [5, 5.41) is -0.951. The number of hydrogen-bond donors (Lipinski definition) is 1. The summed E-state index contributed by atoms with van der Waals surface area (Å²) in [5.41, 5.74) is 0. The topological polar surface area (TPSA) is 72.2 Å². The monoisotopic (exact) mass is 244 g/mol. The summed E-state index contributed by atoms with van der Waals surface area (Å²) in [6.07, 6.45) is 5.86. The predicted octanol–water partition coefficient (Wildman–Crippen LogP) is 1.80. The molecule has 1 heterocycles. The fourth-order valence-electron chi connectivity index (χ4n) is 1.58. The van der Waals surface area contributed by atoms with Gasteiger partial charge >= 0.3 is 0 Å². The molecule has 1 unspecified atom stereocenters. The van der Waals surface area contributed by atoms with Gasteiger partial charge in [-0.25, -0.2) is 4.98 Å². The van der Waals surface area contributed by atoms with Crippen LogP contribution in [0, 0.1) is 0 Å². The van der Waals surface area contributed by atoms with Crippen molar-refractivity contribution in [1.82, 2.24) is 9.55 Å². The van der Waals surface area contributed by atoms with Crippen LogP contribution in [0.5, 0.6) is 0 Å². The maximum Gasteiger partial charge on any atom is 0.275 e. The van der Waals surface area contributed by atoms with Crippen molar-refractivity contribution in [2.75, 3.05) is 0 Å². The first-order valence-corrected chi connectivity index (χ1v) is 6.59. The highest BCUT2D eigenvalue weighted by molar-refractivity contribution is 7.86. The van der Waals surface area contributed by atoms with Gasteiger partial charge in [-0.05, 0) is 6.42 Å². The molecule has 0 aliphatic heterocycles. The molecule has 0 saturated heterocycles. The van der Waals surface area contributed by atoms with Crippen LogP contribution in [-0.2, 0) is 16.7 Å². The Morgan fingerprint density at radius 1 is 1.69 bits per heavy atom. The van der Waals surface area contributed by atoms with Gasteiger partial charge in [-0.2, -0.15) is 8.42 Å². The summed E-state index contributed by atoms with van der Waals surface area (Å²) in [4.78, 5) is 4.00. The van der Waals surface area contributed by atoms with E-state index in [2.05, 4.69) is 11.6 Å². The third-order valence-corrected chi connectivity index (χ3v) is 3.44. The standard InChI is InChI=1S/C10H16N2O3S/c1-3-5-9(16(13,14)15)10-11-6-8-12(10)7-4-2/h4,6,8-9H,2-3,5,7H2,1H3,(H,13,14,15). The average molecular weight is 244 g/mol. The zero-order chi connectivity index (χ0) is 12.2. The zero-order valence-electron chi connectivity index (χ0n) is 9.20. The van der Waals surface area contributed by atoms with E-state index >= 15 is 0 Å². The van der Waals surface area contributed by atoms with Crippen LogP contribution in [0.25, 0.3) is 0 Å². The van der Waals surface area contributed by atoms with Crippen LogP contribution in [0.15, 0.2) is 25.0 Å². The van der Waals surface area contributed by atoms with Gasteiger partial charge in [0.1, 0.15) is 11.1 Å². The van der Waals surface area contributed by atoms with E-state index in [1.165, 1.54) is 6.20 Å². The first-order chi connectivity index (χ1) is 7.50. The molecule has 1 rings (SSSR count). The van der Waals surface area contributed by atoms with Crippen molar-refractivity contribution in [3.05, 3.63) is 30.9 Å². The van der Waals surface area contributed by atoms with Crippen LogP contribution in [0.4, 0.5) is 0 Å². The largest absolute Gasteiger partial charge is 0.330 e. The summed E-state index contributed by atoms with van der Waals surface area (Å²) >= 11 is 0. The van der Waals surface area contributed by atoms with Gasteiger partial charge in [0.2, 0.25) is 0 Å². The number of hydrogen-bond acceptors (Lipinski definition) is 3. The quantitative estimate of drug-likeness (QED) is 0.611. The summed E-state index contributed by atoms with van der Waals surface area (Å²) in [7, 11) is -4.11. The van der Waals surface area contributed by atoms with Gasteiger partial charge in [0.25, 0.3) is 10.1 Å². The number of rotatable bonds is 6. The number of aromatic nitrogens is 2. The van der Waals surface area contributed by atoms with Gasteiger partial charge in [-0.1, -0.05) is 19.4 Å². The Hall–Kier alpha value is -1.14. The van der Waals surface area contributed by atoms with Crippen molar-refractivity contribution in [3.8, 4) is 0 Å². The molecule has 0 spiro atoms. The SMILES string of the molecule is C=CCn1ccnc1C(CCC)S(=O)(=O)O. The molecule has 0 saturated carbocycles. The van der Waals surface area contributed by atoms with Gasteiger partial charge in [-0.3, -0.25) is 4.55 Å². The van der Waals surface area contributed by atoms with E-state index < -0.39 is 15.4 Å². The Balaban J connectivity index is 3.10. The molecule has 1 aromatic heterocycles. The highest BCUT2D eigenvalue weighted by atomic mass is 32.2. The van der Waals surface area contributed by atoms with Gasteiger partial charge in [-0.15, -0.1) is 6.58 Å². The smallest absolute Gasteiger partial charge is 0.275 e. The van der Waals surface area contributed by atoms with E-state index in [1.807, 2.05) is 6.92 Å². The molecule has 6 heteroatoms. The molecule has 0 aliphatic rings. The fourth-order valence-corrected chi connectivity index (χ4v) is 2.57. The lowest BCUT2D eigenvalue weighted by Crippen LogP contribution is -2.17. The first kappa shape index (κ1) is 12.9. The van der Waals surface area contributed by atoms with E-state index in [4.69, 9.17) is 4.55 Å². The second kappa shape index (κ2) is 5.27. The van der Waals surface area contributed by atoms with E-state index in [0.29, 0.717) is 25.2 Å². The minimum absolute atomic E-state index is 0.354. The maximum absolute atomic E-state index is 11.3. The molecule has 0 amide bonds. The molecule has 16 heavy (non-hydrogen) atoms. The minimum atomic E-state index is -4.11. The highest BCUT2D eigenvalue weighted by Gasteiger charge is 2.27. The maximum atomic E-state index is 11.3. The Bertz CT molecular complexity index is 450. The van der Waals surface area contributed by atoms with E-state index in [1.54, 1.807) is 16.8 Å². The van der Waals surface area contributed by atoms with Crippen molar-refractivity contribution in [1.29, 1.82) is 0 Å². The predicted molar refractivity (Wildman–Crippen MR) is 61.6 cm³/mol. The molecular weight excluding hydrogens is 228 g/mol. The minimum Gasteiger partial charge on any atom is -0.330 e. The Morgan fingerprint density at radius 2 is 2.38 bits per heavy atom. The van der Waals surface area contributed by atoms with E-state index in [-0.39, 0.29) is 0 Å². The van der Waals surface area contributed by atoms with Crippen LogP contribution >= 0.6 is 0 Å². The Kier molecular flexibility index (Phi) is 4.26. The van der Waals surface area contributed by atoms with E-state index in [9.17, 15) is 8.42 Å². The highest BCUT2D eigenvalue weighted by Crippen LogP contribution is 2.25. The number of allylic oxidation sites excluding steroid dienone is 1. The summed E-state index contributed by atoms with van der Waals surface area (Å²) in [5.74, 6) is 0.365. The molecule has 1 atom stereocenters. The molecular formula is C10H16N2O3S. The molecule has 0 radical (unpaired) electrons. The third-order valence-electron chi connectivity index (χ3n) is 2.27. The fraction of sp³-hybridized carbons (Fsp3) is 0.500. The molecule has 1 aromatic rings. The second-order valence-corrected chi connectivity index (χ2v) is 5.12. The average Bonchev–Trinajstić information content (AvgIpc) is 2.61. The molecule has 0 fully saturated rings. The van der Waals surface area contributed by atoms with Gasteiger partial charge in [0, 0.05) is 18.9 Å². The number of nitrogens with zero attached hydrogens (tertiary/aromatic N) is 2. The van der Waals surface area contributed by atoms with Crippen LogP contribution in [0.2, 0.25) is 0 Å². The summed E-state index contributed by atoms with van der Waals surface area (Å²) in [6.45, 7) is 5.92. The van der Waals surface area contributed by atoms with Crippen molar-refractivity contribution < 1.29 is 13.0 Å². The molecule has 90 valence electrons. The molecule has 0 aliphatic carbocycles. The van der Waals surface area contributed by atoms with Gasteiger partial charge in [0.05, 0.1) is 0 Å². The lowest BCUT2D eigenvalue weighted by Gasteiger charge is -2.13. The molecule has 0 aromatic carbocycles. The van der Waals surface area contributed by atoms with Crippen LogP contribution in [0.3, 0.4) is 0 Å². The van der Waals surface area contributed by atoms with Gasteiger partial charge < -0.3 is 4.57 Å². The van der Waals surface area contributed by atoms with Crippen molar-refractivity contribution in [3.63, 3.8) is 0 Å². The van der Waals surface area contributed by atoms with Crippen molar-refractivity contribution in [2.24, 2.45) is 0 Å². The Labute approximate surface area is 95.6 Å². The van der Waals surface area contributed by atoms with Crippen molar-refractivity contribution >= 4 is 10.1 Å². The Morgan fingerprint density at radius 3 is 2.88 bits per heavy atom. The first-order valence-electron chi connectivity index (χ1n) is 5.09. The van der Waals surface area contributed by atoms with Crippen LogP contribution in [-0.4, -0.2) is 22.5 Å². The zero-order valence-corrected chi connectivity index (χ0v) is 10.0. The van der Waals surface area contributed by atoms with Crippen LogP contribution < -0.4 is 0 Å². The summed E-state index contributed by atoms with van der Waals surface area (Å²) < 4.78 is 33.3. The van der Waals surface area contributed by atoms with Crippen LogP contribution in [0.1, 0.15) is 30.8 Å². The third kappa shape index (κ3) is 2.93. The van der Waals surface area contributed by atoms with E-state index in [0.717, 1.165) is 0 Å². The van der Waals surface area contributed by atoms with Gasteiger partial charge in [0.15, 0.2) is 0 Å².